The van der Waals surface area contributed by atoms with Gasteiger partial charge >= 0.3 is 0 Å². The van der Waals surface area contributed by atoms with Gasteiger partial charge in [0.25, 0.3) is 0 Å². The molecule has 0 bridgehead atoms. The van der Waals surface area contributed by atoms with Crippen LogP contribution in [0.4, 0.5) is 4.39 Å². The SMILES string of the molecule is O=S(=O)(c1ccccc1Cl)N1CCCC(c2nc(-c3ccc(F)cc3)no2)C1. The summed E-state index contributed by atoms with van der Waals surface area (Å²) < 4.78 is 45.8. The average molecular weight is 422 g/mol. The van der Waals surface area contributed by atoms with Crippen molar-refractivity contribution in [3.05, 3.63) is 65.3 Å². The summed E-state index contributed by atoms with van der Waals surface area (Å²) in [5, 5.41) is 4.15. The molecule has 0 spiro atoms. The summed E-state index contributed by atoms with van der Waals surface area (Å²) in [6, 6.07) is 12.2. The molecule has 3 aromatic rings. The third-order valence-corrected chi connectivity index (χ3v) is 7.10. The van der Waals surface area contributed by atoms with Crippen LogP contribution in [0.2, 0.25) is 5.02 Å². The van der Waals surface area contributed by atoms with E-state index in [1.165, 1.54) is 22.5 Å². The van der Waals surface area contributed by atoms with E-state index in [1.54, 1.807) is 30.3 Å². The first-order valence-corrected chi connectivity index (χ1v) is 10.6. The Hall–Kier alpha value is -2.29. The van der Waals surface area contributed by atoms with E-state index < -0.39 is 10.0 Å². The smallest absolute Gasteiger partial charge is 0.244 e. The number of piperidine rings is 1. The molecular weight excluding hydrogens is 405 g/mol. The summed E-state index contributed by atoms with van der Waals surface area (Å²) in [6.07, 6.45) is 1.40. The van der Waals surface area contributed by atoms with E-state index in [1.807, 2.05) is 0 Å². The number of aromatic nitrogens is 2. The van der Waals surface area contributed by atoms with Gasteiger partial charge in [-0.05, 0) is 49.2 Å². The highest BCUT2D eigenvalue weighted by Gasteiger charge is 2.34. The summed E-state index contributed by atoms with van der Waals surface area (Å²) in [6.45, 7) is 0.640. The first-order chi connectivity index (χ1) is 13.4. The molecule has 28 heavy (non-hydrogen) atoms. The monoisotopic (exact) mass is 421 g/mol. The van der Waals surface area contributed by atoms with E-state index in [4.69, 9.17) is 16.1 Å². The second-order valence-corrected chi connectivity index (χ2v) is 8.91. The van der Waals surface area contributed by atoms with Gasteiger partial charge in [-0.25, -0.2) is 12.8 Å². The van der Waals surface area contributed by atoms with Gasteiger partial charge in [-0.1, -0.05) is 28.9 Å². The number of rotatable bonds is 4. The maximum absolute atomic E-state index is 13.1. The molecule has 6 nitrogen and oxygen atoms in total. The van der Waals surface area contributed by atoms with Crippen molar-refractivity contribution in [2.75, 3.05) is 13.1 Å². The molecule has 1 saturated heterocycles. The van der Waals surface area contributed by atoms with Gasteiger partial charge in [0.1, 0.15) is 10.7 Å². The first kappa shape index (κ1) is 19.0. The number of benzene rings is 2. The van der Waals surface area contributed by atoms with Crippen LogP contribution >= 0.6 is 11.6 Å². The zero-order valence-corrected chi connectivity index (χ0v) is 16.3. The maximum atomic E-state index is 13.1. The second-order valence-electron chi connectivity index (χ2n) is 6.60. The predicted molar refractivity (Wildman–Crippen MR) is 102 cm³/mol. The van der Waals surface area contributed by atoms with Gasteiger partial charge in [0.15, 0.2) is 0 Å². The van der Waals surface area contributed by atoms with E-state index in [0.717, 1.165) is 6.42 Å². The van der Waals surface area contributed by atoms with Crippen LogP contribution in [-0.2, 0) is 10.0 Å². The summed E-state index contributed by atoms with van der Waals surface area (Å²) in [5.74, 6) is 0.160. The lowest BCUT2D eigenvalue weighted by Crippen LogP contribution is -2.39. The Balaban J connectivity index is 1.56. The number of nitrogens with zero attached hydrogens (tertiary/aromatic N) is 3. The van der Waals surface area contributed by atoms with Crippen LogP contribution in [0.15, 0.2) is 57.9 Å². The van der Waals surface area contributed by atoms with E-state index in [0.29, 0.717) is 30.2 Å². The highest BCUT2D eigenvalue weighted by Crippen LogP contribution is 2.32. The van der Waals surface area contributed by atoms with Crippen LogP contribution in [-0.4, -0.2) is 36.0 Å². The Morgan fingerprint density at radius 2 is 1.89 bits per heavy atom. The molecule has 1 atom stereocenters. The average Bonchev–Trinajstić information content (AvgIpc) is 3.19. The molecule has 146 valence electrons. The van der Waals surface area contributed by atoms with E-state index in [-0.39, 0.29) is 28.2 Å². The molecule has 1 aliphatic rings. The van der Waals surface area contributed by atoms with Gasteiger partial charge in [-0.3, -0.25) is 0 Å². The predicted octanol–water partition coefficient (Wildman–Crippen LogP) is 4.10. The second kappa shape index (κ2) is 7.62. The van der Waals surface area contributed by atoms with Gasteiger partial charge in [0.05, 0.1) is 10.9 Å². The number of hydrogen-bond donors (Lipinski definition) is 0. The Morgan fingerprint density at radius 1 is 1.14 bits per heavy atom. The molecule has 4 rings (SSSR count). The van der Waals surface area contributed by atoms with Crippen molar-refractivity contribution in [1.82, 2.24) is 14.4 Å². The number of hydrogen-bond acceptors (Lipinski definition) is 5. The van der Waals surface area contributed by atoms with Gasteiger partial charge in [-0.2, -0.15) is 9.29 Å². The first-order valence-electron chi connectivity index (χ1n) is 8.79. The van der Waals surface area contributed by atoms with Gasteiger partial charge in [-0.15, -0.1) is 0 Å². The number of sulfonamides is 1. The van der Waals surface area contributed by atoms with E-state index in [2.05, 4.69) is 10.1 Å². The Kier molecular flexibility index (Phi) is 5.18. The van der Waals surface area contributed by atoms with Crippen LogP contribution < -0.4 is 0 Å². The van der Waals surface area contributed by atoms with Crippen molar-refractivity contribution in [1.29, 1.82) is 0 Å². The largest absolute Gasteiger partial charge is 0.339 e. The molecule has 0 saturated carbocycles. The summed E-state index contributed by atoms with van der Waals surface area (Å²) in [4.78, 5) is 4.49. The van der Waals surface area contributed by atoms with Crippen molar-refractivity contribution in [2.45, 2.75) is 23.7 Å². The quantitative estimate of drug-likeness (QED) is 0.634. The molecule has 2 heterocycles. The highest BCUT2D eigenvalue weighted by molar-refractivity contribution is 7.89. The molecule has 0 N–H and O–H groups in total. The van der Waals surface area contributed by atoms with E-state index >= 15 is 0 Å². The minimum absolute atomic E-state index is 0.0925. The topological polar surface area (TPSA) is 76.3 Å². The Morgan fingerprint density at radius 3 is 2.64 bits per heavy atom. The molecular formula is C19H17ClFN3O3S. The fraction of sp³-hybridized carbons (Fsp3) is 0.263. The maximum Gasteiger partial charge on any atom is 0.244 e. The molecule has 1 fully saturated rings. The molecule has 1 aromatic heterocycles. The zero-order chi connectivity index (χ0) is 19.7. The Bertz CT molecular complexity index is 1090. The molecule has 0 radical (unpaired) electrons. The molecule has 0 aliphatic carbocycles. The lowest BCUT2D eigenvalue weighted by atomic mass is 10.00. The van der Waals surface area contributed by atoms with Crippen LogP contribution in [0.3, 0.4) is 0 Å². The fourth-order valence-electron chi connectivity index (χ4n) is 3.27. The third kappa shape index (κ3) is 3.67. The fourth-order valence-corrected chi connectivity index (χ4v) is 5.29. The normalized spacial score (nSPS) is 18.3. The van der Waals surface area contributed by atoms with E-state index in [9.17, 15) is 12.8 Å². The van der Waals surface area contributed by atoms with Crippen LogP contribution in [0.5, 0.6) is 0 Å². The molecule has 0 amide bonds. The molecule has 9 heteroatoms. The van der Waals surface area contributed by atoms with Gasteiger partial charge in [0, 0.05) is 18.7 Å². The van der Waals surface area contributed by atoms with Crippen molar-refractivity contribution < 1.29 is 17.3 Å². The molecule has 2 aromatic carbocycles. The van der Waals surface area contributed by atoms with Gasteiger partial charge in [0.2, 0.25) is 21.7 Å². The molecule has 1 aliphatic heterocycles. The molecule has 1 unspecified atom stereocenters. The van der Waals surface area contributed by atoms with Crippen molar-refractivity contribution >= 4 is 21.6 Å². The standard InChI is InChI=1S/C19H17ClFN3O3S/c20-16-5-1-2-6-17(16)28(25,26)24-11-3-4-14(12-24)19-22-18(23-27-19)13-7-9-15(21)10-8-13/h1-2,5-10,14H,3-4,11-12H2. The van der Waals surface area contributed by atoms with Crippen LogP contribution in [0.25, 0.3) is 11.4 Å². The lowest BCUT2D eigenvalue weighted by molar-refractivity contribution is 0.265. The zero-order valence-electron chi connectivity index (χ0n) is 14.8. The highest BCUT2D eigenvalue weighted by atomic mass is 35.5. The Labute approximate surface area is 167 Å². The van der Waals surface area contributed by atoms with Crippen LogP contribution in [0.1, 0.15) is 24.7 Å². The van der Waals surface area contributed by atoms with Crippen LogP contribution in [0, 0.1) is 5.82 Å². The summed E-state index contributed by atoms with van der Waals surface area (Å²) in [7, 11) is -3.71. The van der Waals surface area contributed by atoms with Crippen molar-refractivity contribution in [3.8, 4) is 11.4 Å². The minimum Gasteiger partial charge on any atom is -0.339 e. The third-order valence-electron chi connectivity index (χ3n) is 4.73. The van der Waals surface area contributed by atoms with Crippen molar-refractivity contribution in [2.24, 2.45) is 0 Å². The van der Waals surface area contributed by atoms with Gasteiger partial charge < -0.3 is 4.52 Å². The lowest BCUT2D eigenvalue weighted by Gasteiger charge is -2.30. The summed E-state index contributed by atoms with van der Waals surface area (Å²) >= 11 is 6.09. The van der Waals surface area contributed by atoms with Crippen molar-refractivity contribution in [3.63, 3.8) is 0 Å². The summed E-state index contributed by atoms with van der Waals surface area (Å²) in [5.41, 5.74) is 0.632. The number of halogens is 2. The minimum atomic E-state index is -3.71.